The Balaban J connectivity index is 1.35. The van der Waals surface area contributed by atoms with Crippen molar-refractivity contribution in [1.82, 2.24) is 4.98 Å². The van der Waals surface area contributed by atoms with Crippen LogP contribution in [0.15, 0.2) is 102 Å². The van der Waals surface area contributed by atoms with Crippen LogP contribution in [0.3, 0.4) is 0 Å². The number of ether oxygens (including phenoxy) is 1. The van der Waals surface area contributed by atoms with Gasteiger partial charge < -0.3 is 15.2 Å². The first-order chi connectivity index (χ1) is 19.8. The van der Waals surface area contributed by atoms with Gasteiger partial charge in [-0.2, -0.15) is 0 Å². The number of carbonyl (C=O) groups excluding carboxylic acids is 1. The maximum atomic E-state index is 13.2. The van der Waals surface area contributed by atoms with E-state index >= 15 is 0 Å². The predicted molar refractivity (Wildman–Crippen MR) is 160 cm³/mol. The van der Waals surface area contributed by atoms with Crippen LogP contribution >= 0.6 is 0 Å². The van der Waals surface area contributed by atoms with Crippen LogP contribution in [-0.2, 0) is 14.6 Å². The Hall–Kier alpha value is -4.27. The van der Waals surface area contributed by atoms with Crippen molar-refractivity contribution < 1.29 is 23.1 Å². The second-order valence-corrected chi connectivity index (χ2v) is 12.0. The molecular formula is C33H32N2O5S. The van der Waals surface area contributed by atoms with Crippen molar-refractivity contribution in [1.29, 1.82) is 0 Å². The fraction of sp³-hybridized carbons (Fsp3) is 0.212. The quantitative estimate of drug-likeness (QED) is 0.233. The summed E-state index contributed by atoms with van der Waals surface area (Å²) in [7, 11) is -3.56. The van der Waals surface area contributed by atoms with E-state index in [4.69, 9.17) is 4.74 Å². The monoisotopic (exact) mass is 568 g/mol. The number of carbonyl (C=O) groups is 1. The highest BCUT2D eigenvalue weighted by molar-refractivity contribution is 7.91. The molecule has 0 aliphatic carbocycles. The van der Waals surface area contributed by atoms with E-state index in [2.05, 4.69) is 17.2 Å². The molecule has 1 unspecified atom stereocenters. The van der Waals surface area contributed by atoms with Crippen LogP contribution in [0.25, 0.3) is 17.2 Å². The zero-order chi connectivity index (χ0) is 28.8. The van der Waals surface area contributed by atoms with Crippen molar-refractivity contribution in [3.05, 3.63) is 114 Å². The van der Waals surface area contributed by atoms with Crippen LogP contribution in [0.2, 0.25) is 0 Å². The molecule has 1 aromatic heterocycles. The molecule has 5 rings (SSSR count). The van der Waals surface area contributed by atoms with E-state index in [1.807, 2.05) is 36.4 Å². The molecule has 210 valence electrons. The standard InChI is InChI=1S/C33H32N2O5S/c1-2-3-19-40-29-14-9-23(10-15-29)25-11-16-31-27(21-25)22-26(17-20-41(31,38)39)33(37)35-28-12-7-24(8-13-28)32(36)30-6-4-5-18-34-30/h4-16,18,21-22,32,36H,2-3,17,19-20H2,1H3,(H,35,37). The second kappa shape index (κ2) is 12.5. The molecule has 41 heavy (non-hydrogen) atoms. The van der Waals surface area contributed by atoms with Crippen LogP contribution in [0.5, 0.6) is 5.75 Å². The van der Waals surface area contributed by atoms with E-state index in [9.17, 15) is 18.3 Å². The topological polar surface area (TPSA) is 106 Å². The molecule has 1 atom stereocenters. The largest absolute Gasteiger partial charge is 0.494 e. The van der Waals surface area contributed by atoms with Gasteiger partial charge in [0.25, 0.3) is 5.91 Å². The minimum absolute atomic E-state index is 0.0957. The van der Waals surface area contributed by atoms with E-state index in [0.717, 1.165) is 29.7 Å². The third kappa shape index (κ3) is 6.73. The van der Waals surface area contributed by atoms with Crippen LogP contribution in [-0.4, -0.2) is 36.8 Å². The fourth-order valence-electron chi connectivity index (χ4n) is 4.66. The van der Waals surface area contributed by atoms with Gasteiger partial charge in [-0.25, -0.2) is 8.42 Å². The summed E-state index contributed by atoms with van der Waals surface area (Å²) in [5, 5.41) is 13.4. The Bertz CT molecular complexity index is 1650. The molecule has 8 heteroatoms. The number of rotatable bonds is 9. The molecule has 0 bridgehead atoms. The summed E-state index contributed by atoms with van der Waals surface area (Å²) in [6.45, 7) is 2.78. The minimum Gasteiger partial charge on any atom is -0.494 e. The van der Waals surface area contributed by atoms with Crippen molar-refractivity contribution >= 4 is 27.5 Å². The number of sulfone groups is 1. The number of unbranched alkanes of at least 4 members (excludes halogenated alkanes) is 1. The Labute approximate surface area is 240 Å². The van der Waals surface area contributed by atoms with Crippen molar-refractivity contribution in [3.63, 3.8) is 0 Å². The van der Waals surface area contributed by atoms with E-state index in [1.165, 1.54) is 0 Å². The van der Waals surface area contributed by atoms with Crippen LogP contribution in [0, 0.1) is 0 Å². The number of fused-ring (bicyclic) bond motifs is 1. The first-order valence-electron chi connectivity index (χ1n) is 13.6. The highest BCUT2D eigenvalue weighted by Crippen LogP contribution is 2.32. The lowest BCUT2D eigenvalue weighted by Gasteiger charge is -2.12. The van der Waals surface area contributed by atoms with Gasteiger partial charge in [-0.15, -0.1) is 0 Å². The van der Waals surface area contributed by atoms with E-state index < -0.39 is 15.9 Å². The lowest BCUT2D eigenvalue weighted by molar-refractivity contribution is -0.112. The molecule has 0 fully saturated rings. The van der Waals surface area contributed by atoms with Gasteiger partial charge in [0.15, 0.2) is 9.84 Å². The van der Waals surface area contributed by atoms with Gasteiger partial charge in [-0.1, -0.05) is 49.7 Å². The van der Waals surface area contributed by atoms with Gasteiger partial charge in [0, 0.05) is 17.5 Å². The van der Waals surface area contributed by atoms with Crippen molar-refractivity contribution in [2.75, 3.05) is 17.7 Å². The SMILES string of the molecule is CCCCOc1ccc(-c2ccc3c(c2)C=C(C(=O)Nc2ccc(C(O)c4ccccn4)cc2)CCS3(=O)=O)cc1. The zero-order valence-corrected chi connectivity index (χ0v) is 23.6. The molecule has 2 heterocycles. The lowest BCUT2D eigenvalue weighted by Crippen LogP contribution is -2.16. The number of nitrogens with one attached hydrogen (secondary N) is 1. The van der Waals surface area contributed by atoms with Crippen LogP contribution < -0.4 is 10.1 Å². The molecule has 3 aromatic carbocycles. The number of benzene rings is 3. The Morgan fingerprint density at radius 1 is 1.00 bits per heavy atom. The van der Waals surface area contributed by atoms with Crippen molar-refractivity contribution in [2.45, 2.75) is 37.2 Å². The van der Waals surface area contributed by atoms with Gasteiger partial charge in [0.2, 0.25) is 0 Å². The molecule has 4 aromatic rings. The number of hydrogen-bond donors (Lipinski definition) is 2. The fourth-order valence-corrected chi connectivity index (χ4v) is 6.12. The molecule has 1 aliphatic heterocycles. The van der Waals surface area contributed by atoms with Gasteiger partial charge in [-0.3, -0.25) is 9.78 Å². The number of aliphatic hydroxyl groups is 1. The summed E-state index contributed by atoms with van der Waals surface area (Å²) in [5.41, 5.74) is 4.34. The molecule has 1 aliphatic rings. The molecular weight excluding hydrogens is 536 g/mol. The highest BCUT2D eigenvalue weighted by atomic mass is 32.2. The third-order valence-corrected chi connectivity index (χ3v) is 8.80. The van der Waals surface area contributed by atoms with E-state index in [0.29, 0.717) is 34.7 Å². The molecule has 7 nitrogen and oxygen atoms in total. The van der Waals surface area contributed by atoms with Gasteiger partial charge in [-0.05, 0) is 89.7 Å². The average molecular weight is 569 g/mol. The predicted octanol–water partition coefficient (Wildman–Crippen LogP) is 6.21. The smallest absolute Gasteiger partial charge is 0.251 e. The summed E-state index contributed by atoms with van der Waals surface area (Å²) < 4.78 is 31.8. The molecule has 0 spiro atoms. The molecule has 1 amide bonds. The number of nitrogens with zero attached hydrogens (tertiary/aromatic N) is 1. The van der Waals surface area contributed by atoms with Crippen molar-refractivity contribution in [2.24, 2.45) is 0 Å². The molecule has 0 saturated carbocycles. The number of anilines is 1. The maximum Gasteiger partial charge on any atom is 0.251 e. The maximum absolute atomic E-state index is 13.2. The summed E-state index contributed by atoms with van der Waals surface area (Å²) in [4.78, 5) is 17.6. The van der Waals surface area contributed by atoms with Gasteiger partial charge in [0.1, 0.15) is 11.9 Å². The van der Waals surface area contributed by atoms with Gasteiger partial charge >= 0.3 is 0 Å². The number of aliphatic hydroxyl groups excluding tert-OH is 1. The first kappa shape index (κ1) is 28.3. The zero-order valence-electron chi connectivity index (χ0n) is 22.8. The van der Waals surface area contributed by atoms with Crippen molar-refractivity contribution in [3.8, 4) is 16.9 Å². The number of aromatic nitrogens is 1. The average Bonchev–Trinajstić information content (AvgIpc) is 3.13. The van der Waals surface area contributed by atoms with E-state index in [-0.39, 0.29) is 23.0 Å². The highest BCUT2D eigenvalue weighted by Gasteiger charge is 2.25. The first-order valence-corrected chi connectivity index (χ1v) is 15.3. The summed E-state index contributed by atoms with van der Waals surface area (Å²) in [5.74, 6) is 0.264. The number of amides is 1. The van der Waals surface area contributed by atoms with Crippen LogP contribution in [0.1, 0.15) is 49.1 Å². The second-order valence-electron chi connectivity index (χ2n) is 9.95. The Kier molecular flexibility index (Phi) is 8.61. The summed E-state index contributed by atoms with van der Waals surface area (Å²) in [6.07, 6.45) is 4.55. The van der Waals surface area contributed by atoms with Crippen LogP contribution in [0.4, 0.5) is 5.69 Å². The molecule has 2 N–H and O–H groups in total. The Morgan fingerprint density at radius 2 is 1.76 bits per heavy atom. The number of pyridine rings is 1. The minimum atomic E-state index is -3.56. The summed E-state index contributed by atoms with van der Waals surface area (Å²) >= 11 is 0. The number of hydrogen-bond acceptors (Lipinski definition) is 6. The van der Waals surface area contributed by atoms with Gasteiger partial charge in [0.05, 0.1) is 22.9 Å². The Morgan fingerprint density at radius 3 is 2.46 bits per heavy atom. The normalized spacial score (nSPS) is 14.7. The lowest BCUT2D eigenvalue weighted by atomic mass is 10.0. The third-order valence-electron chi connectivity index (χ3n) is 7.01. The molecule has 0 saturated heterocycles. The van der Waals surface area contributed by atoms with E-state index in [1.54, 1.807) is 60.8 Å². The summed E-state index contributed by atoms with van der Waals surface area (Å²) in [6, 6.07) is 25.1. The molecule has 0 radical (unpaired) electrons.